The molecule has 0 spiro atoms. The maximum absolute atomic E-state index is 3.93. The molecule has 0 fully saturated rings. The Hall–Kier alpha value is -0.260. The van der Waals surface area contributed by atoms with E-state index in [9.17, 15) is 0 Å². The molecule has 0 heterocycles. The molecule has 0 N–H and O–H groups in total. The van der Waals surface area contributed by atoms with Gasteiger partial charge in [-0.25, -0.2) is 0 Å². The Labute approximate surface area is 65.3 Å². The van der Waals surface area contributed by atoms with Crippen molar-refractivity contribution in [3.05, 3.63) is 18.6 Å². The molecule has 0 aromatic heterocycles. The molecule has 0 aliphatic carbocycles. The first-order chi connectivity index (χ1) is 4.54. The zero-order chi connectivity index (χ0) is 8.15. The Balaban J connectivity index is 3.69. The zero-order valence-electron chi connectivity index (χ0n) is 7.65. The van der Waals surface area contributed by atoms with E-state index in [1.54, 1.807) is 0 Å². The van der Waals surface area contributed by atoms with Gasteiger partial charge >= 0.3 is 0 Å². The van der Waals surface area contributed by atoms with Gasteiger partial charge in [0.2, 0.25) is 0 Å². The summed E-state index contributed by atoms with van der Waals surface area (Å²) in [4.78, 5) is 0. The van der Waals surface area contributed by atoms with Crippen LogP contribution < -0.4 is 0 Å². The standard InChI is InChI=1S/C10H19/c1-8(2)6-7-10(5)9(3)4/h7-9H,1,6H2,2-5H3. The molecule has 1 radical (unpaired) electrons. The predicted molar refractivity (Wildman–Crippen MR) is 47.7 cm³/mol. The van der Waals surface area contributed by atoms with Crippen LogP contribution in [0.25, 0.3) is 0 Å². The largest absolute Gasteiger partial charge is 0.0851 e. The second-order valence-corrected chi connectivity index (χ2v) is 3.44. The van der Waals surface area contributed by atoms with Crippen molar-refractivity contribution < 1.29 is 0 Å². The van der Waals surface area contributed by atoms with E-state index in [4.69, 9.17) is 0 Å². The summed E-state index contributed by atoms with van der Waals surface area (Å²) >= 11 is 0. The van der Waals surface area contributed by atoms with Gasteiger partial charge in [0.1, 0.15) is 0 Å². The molecule has 0 saturated carbocycles. The molecular formula is C10H19. The zero-order valence-corrected chi connectivity index (χ0v) is 7.65. The van der Waals surface area contributed by atoms with Crippen LogP contribution in [0, 0.1) is 18.8 Å². The minimum Gasteiger partial charge on any atom is -0.0851 e. The van der Waals surface area contributed by atoms with Crippen LogP contribution in [0.4, 0.5) is 0 Å². The Bertz CT molecular complexity index is 107. The van der Waals surface area contributed by atoms with E-state index in [0.717, 1.165) is 6.42 Å². The van der Waals surface area contributed by atoms with Gasteiger partial charge in [0.05, 0.1) is 0 Å². The summed E-state index contributed by atoms with van der Waals surface area (Å²) in [6.07, 6.45) is 3.41. The van der Waals surface area contributed by atoms with Gasteiger partial charge < -0.3 is 0 Å². The first kappa shape index (κ1) is 9.74. The van der Waals surface area contributed by atoms with Crippen molar-refractivity contribution in [1.29, 1.82) is 0 Å². The highest BCUT2D eigenvalue weighted by atomic mass is 14.0. The number of hydrogen-bond acceptors (Lipinski definition) is 0. The Morgan fingerprint density at radius 1 is 1.40 bits per heavy atom. The topological polar surface area (TPSA) is 0 Å². The molecule has 0 rings (SSSR count). The summed E-state index contributed by atoms with van der Waals surface area (Å²) in [5.74, 6) is 1.24. The van der Waals surface area contributed by atoms with E-state index in [0.29, 0.717) is 11.8 Å². The van der Waals surface area contributed by atoms with Crippen LogP contribution in [0.3, 0.4) is 0 Å². The molecule has 0 aromatic rings. The summed E-state index contributed by atoms with van der Waals surface area (Å²) in [5.41, 5.74) is 1.48. The van der Waals surface area contributed by atoms with Gasteiger partial charge in [-0.15, -0.1) is 0 Å². The molecule has 59 valence electrons. The lowest BCUT2D eigenvalue weighted by molar-refractivity contribution is 0.709. The van der Waals surface area contributed by atoms with Gasteiger partial charge in [-0.05, 0) is 25.2 Å². The van der Waals surface area contributed by atoms with Crippen molar-refractivity contribution >= 4 is 0 Å². The molecule has 0 saturated heterocycles. The molecule has 1 unspecified atom stereocenters. The van der Waals surface area contributed by atoms with Crippen LogP contribution in [0.1, 0.15) is 34.1 Å². The maximum atomic E-state index is 3.93. The summed E-state index contributed by atoms with van der Waals surface area (Å²) in [6, 6.07) is 0. The van der Waals surface area contributed by atoms with Crippen LogP contribution >= 0.6 is 0 Å². The van der Waals surface area contributed by atoms with Crippen LogP contribution in [-0.4, -0.2) is 0 Å². The van der Waals surface area contributed by atoms with E-state index in [2.05, 4.69) is 40.7 Å². The van der Waals surface area contributed by atoms with E-state index in [1.807, 2.05) is 0 Å². The fourth-order valence-electron chi connectivity index (χ4n) is 0.623. The van der Waals surface area contributed by atoms with Crippen molar-refractivity contribution in [1.82, 2.24) is 0 Å². The van der Waals surface area contributed by atoms with Crippen LogP contribution in [-0.2, 0) is 0 Å². The minimum atomic E-state index is 0.550. The third kappa shape index (κ3) is 4.60. The van der Waals surface area contributed by atoms with Crippen molar-refractivity contribution in [3.63, 3.8) is 0 Å². The van der Waals surface area contributed by atoms with Crippen LogP contribution in [0.15, 0.2) is 11.6 Å². The predicted octanol–water partition coefficient (Wildman–Crippen LogP) is 3.45. The van der Waals surface area contributed by atoms with E-state index < -0.39 is 0 Å². The maximum Gasteiger partial charge on any atom is -0.0263 e. The first-order valence-corrected chi connectivity index (χ1v) is 4.03. The Morgan fingerprint density at radius 3 is 2.20 bits per heavy atom. The van der Waals surface area contributed by atoms with Crippen LogP contribution in [0.5, 0.6) is 0 Å². The fraction of sp³-hybridized carbons (Fsp3) is 0.700. The third-order valence-electron chi connectivity index (χ3n) is 1.75. The molecule has 0 bridgehead atoms. The summed E-state index contributed by atoms with van der Waals surface area (Å²) in [7, 11) is 0. The molecule has 0 aromatic carbocycles. The molecular weight excluding hydrogens is 120 g/mol. The van der Waals surface area contributed by atoms with Gasteiger partial charge in [-0.1, -0.05) is 39.3 Å². The lowest BCUT2D eigenvalue weighted by Gasteiger charge is -2.05. The highest BCUT2D eigenvalue weighted by molar-refractivity contribution is 5.01. The second kappa shape index (κ2) is 4.54. The van der Waals surface area contributed by atoms with Crippen LogP contribution in [0.2, 0.25) is 0 Å². The molecule has 0 aliphatic rings. The monoisotopic (exact) mass is 139 g/mol. The molecule has 0 aliphatic heterocycles. The van der Waals surface area contributed by atoms with Gasteiger partial charge in [-0.3, -0.25) is 0 Å². The SMILES string of the molecule is [CH2]C(C)CC=C(C)C(C)C. The van der Waals surface area contributed by atoms with Crippen molar-refractivity contribution in [2.24, 2.45) is 11.8 Å². The quantitative estimate of drug-likeness (QED) is 0.525. The lowest BCUT2D eigenvalue weighted by atomic mass is 10.0. The van der Waals surface area contributed by atoms with Gasteiger partial charge in [0.25, 0.3) is 0 Å². The fourth-order valence-corrected chi connectivity index (χ4v) is 0.623. The third-order valence-corrected chi connectivity index (χ3v) is 1.75. The Kier molecular flexibility index (Phi) is 4.42. The van der Waals surface area contributed by atoms with Gasteiger partial charge in [-0.2, -0.15) is 0 Å². The van der Waals surface area contributed by atoms with Crippen molar-refractivity contribution in [2.45, 2.75) is 34.1 Å². The first-order valence-electron chi connectivity index (χ1n) is 4.03. The van der Waals surface area contributed by atoms with E-state index in [-0.39, 0.29) is 0 Å². The van der Waals surface area contributed by atoms with Crippen molar-refractivity contribution in [3.8, 4) is 0 Å². The Morgan fingerprint density at radius 2 is 1.90 bits per heavy atom. The number of hydrogen-bond donors (Lipinski definition) is 0. The van der Waals surface area contributed by atoms with Crippen molar-refractivity contribution in [2.75, 3.05) is 0 Å². The second-order valence-electron chi connectivity index (χ2n) is 3.44. The average molecular weight is 139 g/mol. The molecule has 1 atom stereocenters. The normalized spacial score (nSPS) is 13.3. The smallest absolute Gasteiger partial charge is 0.0263 e. The number of rotatable bonds is 3. The summed E-state index contributed by atoms with van der Waals surface area (Å²) < 4.78 is 0. The average Bonchev–Trinajstić information content (AvgIpc) is 1.82. The molecule has 0 nitrogen and oxygen atoms in total. The number of allylic oxidation sites excluding steroid dienone is 2. The molecule has 10 heavy (non-hydrogen) atoms. The van der Waals surface area contributed by atoms with E-state index >= 15 is 0 Å². The van der Waals surface area contributed by atoms with Gasteiger partial charge in [0.15, 0.2) is 0 Å². The minimum absolute atomic E-state index is 0.550. The van der Waals surface area contributed by atoms with E-state index in [1.165, 1.54) is 5.57 Å². The molecule has 0 heteroatoms. The highest BCUT2D eigenvalue weighted by Gasteiger charge is 1.95. The summed E-state index contributed by atoms with van der Waals surface area (Å²) in [6.45, 7) is 12.7. The van der Waals surface area contributed by atoms with Gasteiger partial charge in [0, 0.05) is 0 Å². The summed E-state index contributed by atoms with van der Waals surface area (Å²) in [5, 5.41) is 0. The highest BCUT2D eigenvalue weighted by Crippen LogP contribution is 2.11. The molecule has 0 amide bonds. The lowest BCUT2D eigenvalue weighted by Crippen LogP contribution is -1.90.